The number of nitrogens with two attached hydrogens (primary N) is 1. The van der Waals surface area contributed by atoms with Crippen LogP contribution in [0.4, 0.5) is 0 Å². The summed E-state index contributed by atoms with van der Waals surface area (Å²) in [5, 5.41) is 2.95. The number of benzene rings is 2. The van der Waals surface area contributed by atoms with E-state index in [1.54, 1.807) is 0 Å². The molecule has 1 saturated heterocycles. The largest absolute Gasteiger partial charge is 0.379 e. The highest BCUT2D eigenvalue weighted by Gasteiger charge is 2.15. The molecule has 3 N–H and O–H groups in total. The molecular weight excluding hydrogens is 326 g/mol. The van der Waals surface area contributed by atoms with E-state index in [4.69, 9.17) is 10.5 Å². The van der Waals surface area contributed by atoms with Crippen molar-refractivity contribution < 1.29 is 9.53 Å². The monoisotopic (exact) mass is 353 g/mol. The fraction of sp³-hybridized carbons (Fsp3) is 0.381. The molecule has 1 heterocycles. The van der Waals surface area contributed by atoms with Gasteiger partial charge in [-0.2, -0.15) is 0 Å². The predicted molar refractivity (Wildman–Crippen MR) is 102 cm³/mol. The van der Waals surface area contributed by atoms with Crippen LogP contribution in [0.5, 0.6) is 0 Å². The first-order valence-corrected chi connectivity index (χ1v) is 9.09. The number of hydrogen-bond donors (Lipinski definition) is 2. The van der Waals surface area contributed by atoms with Crippen LogP contribution in [0.3, 0.4) is 0 Å². The predicted octanol–water partition coefficient (Wildman–Crippen LogP) is 2.14. The Balaban J connectivity index is 1.54. The summed E-state index contributed by atoms with van der Waals surface area (Å²) in [5.74, 6) is -0.160. The highest BCUT2D eigenvalue weighted by atomic mass is 16.5. The number of nitrogens with zero attached hydrogens (tertiary/aromatic N) is 1. The lowest BCUT2D eigenvalue weighted by atomic mass is 10.0. The van der Waals surface area contributed by atoms with Gasteiger partial charge in [-0.05, 0) is 23.6 Å². The Morgan fingerprint density at radius 3 is 2.58 bits per heavy atom. The van der Waals surface area contributed by atoms with Crippen molar-refractivity contribution in [2.24, 2.45) is 5.73 Å². The second-order valence-corrected chi connectivity index (χ2v) is 6.81. The van der Waals surface area contributed by atoms with Crippen LogP contribution < -0.4 is 11.1 Å². The molecule has 1 unspecified atom stereocenters. The molecule has 2 aromatic rings. The third-order valence-electron chi connectivity index (χ3n) is 4.69. The molecule has 0 saturated carbocycles. The lowest BCUT2D eigenvalue weighted by Gasteiger charge is -2.26. The summed E-state index contributed by atoms with van der Waals surface area (Å²) in [5.41, 5.74) is 10.4. The van der Waals surface area contributed by atoms with Gasteiger partial charge in [0.15, 0.2) is 0 Å². The van der Waals surface area contributed by atoms with E-state index in [0.717, 1.165) is 49.5 Å². The smallest absolute Gasteiger partial charge is 0.241 e. The SMILES string of the molecule is Cc1ccc(C(N)C(=O)NCc2cccc(CN3CCOCC3)c2)cc1. The molecule has 1 fully saturated rings. The molecule has 3 rings (SSSR count). The number of aryl methyl sites for hydroxylation is 1. The molecule has 0 radical (unpaired) electrons. The lowest BCUT2D eigenvalue weighted by Crippen LogP contribution is -2.35. The van der Waals surface area contributed by atoms with Crippen LogP contribution in [0.2, 0.25) is 0 Å². The van der Waals surface area contributed by atoms with Gasteiger partial charge in [0, 0.05) is 26.2 Å². The fourth-order valence-electron chi connectivity index (χ4n) is 3.08. The molecule has 138 valence electrons. The number of ether oxygens (including phenoxy) is 1. The van der Waals surface area contributed by atoms with Gasteiger partial charge in [0.2, 0.25) is 5.91 Å². The number of carbonyl (C=O) groups is 1. The van der Waals surface area contributed by atoms with Crippen LogP contribution in [0.15, 0.2) is 48.5 Å². The normalized spacial score (nSPS) is 16.2. The Kier molecular flexibility index (Phi) is 6.39. The first kappa shape index (κ1) is 18.6. The zero-order valence-electron chi connectivity index (χ0n) is 15.3. The Morgan fingerprint density at radius 2 is 1.85 bits per heavy atom. The summed E-state index contributed by atoms with van der Waals surface area (Å²) in [4.78, 5) is 14.7. The molecule has 0 spiro atoms. The minimum atomic E-state index is -0.646. The van der Waals surface area contributed by atoms with E-state index in [1.807, 2.05) is 43.3 Å². The molecule has 1 aliphatic heterocycles. The van der Waals surface area contributed by atoms with Crippen molar-refractivity contribution in [2.75, 3.05) is 26.3 Å². The van der Waals surface area contributed by atoms with E-state index in [2.05, 4.69) is 22.3 Å². The number of nitrogens with one attached hydrogen (secondary N) is 1. The maximum atomic E-state index is 12.3. The van der Waals surface area contributed by atoms with Gasteiger partial charge < -0.3 is 15.8 Å². The van der Waals surface area contributed by atoms with Crippen molar-refractivity contribution in [2.45, 2.75) is 26.1 Å². The van der Waals surface area contributed by atoms with Crippen molar-refractivity contribution >= 4 is 5.91 Å². The van der Waals surface area contributed by atoms with E-state index in [0.29, 0.717) is 6.54 Å². The number of hydrogen-bond acceptors (Lipinski definition) is 4. The summed E-state index contributed by atoms with van der Waals surface area (Å²) < 4.78 is 5.39. The van der Waals surface area contributed by atoms with Crippen LogP contribution in [0.25, 0.3) is 0 Å². The second-order valence-electron chi connectivity index (χ2n) is 6.81. The van der Waals surface area contributed by atoms with E-state index >= 15 is 0 Å². The van der Waals surface area contributed by atoms with Crippen molar-refractivity contribution in [3.8, 4) is 0 Å². The van der Waals surface area contributed by atoms with Gasteiger partial charge >= 0.3 is 0 Å². The van der Waals surface area contributed by atoms with Gasteiger partial charge in [0.1, 0.15) is 6.04 Å². The van der Waals surface area contributed by atoms with Gasteiger partial charge in [-0.25, -0.2) is 0 Å². The zero-order valence-corrected chi connectivity index (χ0v) is 15.3. The quantitative estimate of drug-likeness (QED) is 0.835. The Bertz CT molecular complexity index is 724. The summed E-state index contributed by atoms with van der Waals surface area (Å²) in [6.45, 7) is 6.93. The van der Waals surface area contributed by atoms with E-state index in [1.165, 1.54) is 5.56 Å². The van der Waals surface area contributed by atoms with Crippen LogP contribution in [-0.2, 0) is 22.6 Å². The second kappa shape index (κ2) is 8.94. The van der Waals surface area contributed by atoms with Crippen LogP contribution >= 0.6 is 0 Å². The minimum absolute atomic E-state index is 0.160. The maximum absolute atomic E-state index is 12.3. The molecule has 0 aliphatic carbocycles. The van der Waals surface area contributed by atoms with Crippen LogP contribution in [-0.4, -0.2) is 37.1 Å². The van der Waals surface area contributed by atoms with Crippen LogP contribution in [0, 0.1) is 6.92 Å². The van der Waals surface area contributed by atoms with Gasteiger partial charge in [-0.15, -0.1) is 0 Å². The first-order valence-electron chi connectivity index (χ1n) is 9.09. The maximum Gasteiger partial charge on any atom is 0.241 e. The molecule has 0 bridgehead atoms. The summed E-state index contributed by atoms with van der Waals surface area (Å²) in [6, 6.07) is 15.4. The average molecular weight is 353 g/mol. The Labute approximate surface area is 155 Å². The Hall–Kier alpha value is -2.21. The molecule has 1 amide bonds. The van der Waals surface area contributed by atoms with Crippen molar-refractivity contribution in [3.05, 3.63) is 70.8 Å². The number of rotatable bonds is 6. The third-order valence-corrected chi connectivity index (χ3v) is 4.69. The number of carbonyl (C=O) groups excluding carboxylic acids is 1. The van der Waals surface area contributed by atoms with E-state index in [9.17, 15) is 4.79 Å². The topological polar surface area (TPSA) is 67.6 Å². The average Bonchev–Trinajstić information content (AvgIpc) is 2.67. The molecule has 26 heavy (non-hydrogen) atoms. The van der Waals surface area contributed by atoms with Gasteiger partial charge in [-0.3, -0.25) is 9.69 Å². The van der Waals surface area contributed by atoms with Gasteiger partial charge in [-0.1, -0.05) is 54.1 Å². The van der Waals surface area contributed by atoms with Crippen molar-refractivity contribution in [1.82, 2.24) is 10.2 Å². The summed E-state index contributed by atoms with van der Waals surface area (Å²) in [6.07, 6.45) is 0. The fourth-order valence-corrected chi connectivity index (χ4v) is 3.08. The molecule has 1 atom stereocenters. The third kappa shape index (κ3) is 5.14. The van der Waals surface area contributed by atoms with Crippen molar-refractivity contribution in [1.29, 1.82) is 0 Å². The van der Waals surface area contributed by atoms with E-state index in [-0.39, 0.29) is 5.91 Å². The number of morpholine rings is 1. The molecular formula is C21H27N3O2. The van der Waals surface area contributed by atoms with Crippen molar-refractivity contribution in [3.63, 3.8) is 0 Å². The molecule has 5 nitrogen and oxygen atoms in total. The lowest BCUT2D eigenvalue weighted by molar-refractivity contribution is -0.122. The highest BCUT2D eigenvalue weighted by Crippen LogP contribution is 2.13. The minimum Gasteiger partial charge on any atom is -0.379 e. The molecule has 1 aliphatic rings. The molecule has 5 heteroatoms. The Morgan fingerprint density at radius 1 is 1.15 bits per heavy atom. The number of amides is 1. The summed E-state index contributed by atoms with van der Waals surface area (Å²) in [7, 11) is 0. The van der Waals surface area contributed by atoms with Crippen LogP contribution in [0.1, 0.15) is 28.3 Å². The molecule has 2 aromatic carbocycles. The summed E-state index contributed by atoms with van der Waals surface area (Å²) >= 11 is 0. The van der Waals surface area contributed by atoms with E-state index < -0.39 is 6.04 Å². The highest BCUT2D eigenvalue weighted by molar-refractivity contribution is 5.82. The zero-order chi connectivity index (χ0) is 18.4. The first-order chi connectivity index (χ1) is 12.6. The van der Waals surface area contributed by atoms with Gasteiger partial charge in [0.25, 0.3) is 0 Å². The molecule has 0 aromatic heterocycles. The standard InChI is InChI=1S/C21H27N3O2/c1-16-5-7-19(8-6-16)20(22)21(25)23-14-17-3-2-4-18(13-17)15-24-9-11-26-12-10-24/h2-8,13,20H,9-12,14-15,22H2,1H3,(H,23,25). The van der Waals surface area contributed by atoms with Gasteiger partial charge in [0.05, 0.1) is 13.2 Å².